The number of hydrogen-bond donors (Lipinski definition) is 3. The maximum absolute atomic E-state index is 13.0. The zero-order valence-electron chi connectivity index (χ0n) is 17.6. The molecule has 0 saturated carbocycles. The quantitative estimate of drug-likeness (QED) is 0.647. The minimum absolute atomic E-state index is 0.0866. The average molecular weight is 430 g/mol. The van der Waals surface area contributed by atoms with E-state index < -0.39 is 23.4 Å². The molecule has 1 aromatic heterocycles. The van der Waals surface area contributed by atoms with Gasteiger partial charge in [0.1, 0.15) is 11.5 Å². The molecule has 1 saturated heterocycles. The second kappa shape index (κ2) is 9.74. The van der Waals surface area contributed by atoms with Crippen LogP contribution in [0.5, 0.6) is 11.6 Å². The van der Waals surface area contributed by atoms with Crippen molar-refractivity contribution in [1.29, 1.82) is 0 Å². The van der Waals surface area contributed by atoms with Gasteiger partial charge in [-0.3, -0.25) is 9.59 Å². The van der Waals surface area contributed by atoms with Crippen molar-refractivity contribution >= 4 is 11.8 Å². The summed E-state index contributed by atoms with van der Waals surface area (Å²) < 4.78 is 13.0. The summed E-state index contributed by atoms with van der Waals surface area (Å²) in [5.74, 6) is -2.61. The van der Waals surface area contributed by atoms with Gasteiger partial charge >= 0.3 is 0 Å². The van der Waals surface area contributed by atoms with E-state index in [0.717, 1.165) is 19.4 Å². The number of rotatable bonds is 6. The number of likely N-dealkylation sites (tertiary alicyclic amines) is 1. The first kappa shape index (κ1) is 22.5. The minimum Gasteiger partial charge on any atom is -0.503 e. The van der Waals surface area contributed by atoms with Crippen molar-refractivity contribution in [1.82, 2.24) is 20.1 Å². The van der Waals surface area contributed by atoms with E-state index in [1.165, 1.54) is 30.3 Å². The standard InChI is InChI=1S/C22H27FN4O4/c1-26(2)12-15-4-3-9-27(13-15)22(31)18-10-17(19(28)21(30)25-18)20(29)24-11-14-5-7-16(23)8-6-14/h5-8,10,15,28H,3-4,9,11-13H2,1-2H3,(H,24,29)(H,25,30). The minimum atomic E-state index is -0.778. The maximum atomic E-state index is 13.0. The number of nitrogens with zero attached hydrogens (tertiary/aromatic N) is 3. The van der Waals surface area contributed by atoms with Crippen LogP contribution >= 0.6 is 0 Å². The molecule has 1 unspecified atom stereocenters. The fraction of sp³-hybridized carbons (Fsp3) is 0.409. The van der Waals surface area contributed by atoms with E-state index in [4.69, 9.17) is 0 Å². The summed E-state index contributed by atoms with van der Waals surface area (Å²) in [6, 6.07) is 6.78. The summed E-state index contributed by atoms with van der Waals surface area (Å²) in [6.07, 6.45) is 1.88. The Morgan fingerprint density at radius 3 is 2.65 bits per heavy atom. The van der Waals surface area contributed by atoms with Gasteiger partial charge in [-0.15, -0.1) is 0 Å². The molecule has 1 fully saturated rings. The van der Waals surface area contributed by atoms with E-state index in [9.17, 15) is 24.2 Å². The zero-order chi connectivity index (χ0) is 22.5. The molecule has 0 aliphatic carbocycles. The Hall–Kier alpha value is -3.20. The van der Waals surface area contributed by atoms with Crippen LogP contribution in [0, 0.1) is 11.7 Å². The summed E-state index contributed by atoms with van der Waals surface area (Å²) in [4.78, 5) is 33.1. The van der Waals surface area contributed by atoms with E-state index in [-0.39, 0.29) is 23.6 Å². The molecule has 1 aliphatic rings. The maximum Gasteiger partial charge on any atom is 0.272 e. The molecule has 1 aromatic carbocycles. The van der Waals surface area contributed by atoms with Crippen LogP contribution in [0.3, 0.4) is 0 Å². The zero-order valence-corrected chi connectivity index (χ0v) is 17.6. The number of carbonyl (C=O) groups is 2. The molecule has 3 N–H and O–H groups in total. The number of aromatic hydroxyl groups is 2. The number of amides is 2. The summed E-state index contributed by atoms with van der Waals surface area (Å²) >= 11 is 0. The largest absolute Gasteiger partial charge is 0.503 e. The molecule has 1 aliphatic heterocycles. The first-order valence-electron chi connectivity index (χ1n) is 10.1. The second-order valence-corrected chi connectivity index (χ2v) is 8.06. The fourth-order valence-corrected chi connectivity index (χ4v) is 3.76. The highest BCUT2D eigenvalue weighted by atomic mass is 19.1. The Bertz CT molecular complexity index is 949. The molecule has 2 amide bonds. The molecule has 3 rings (SSSR count). The third kappa shape index (κ3) is 5.69. The lowest BCUT2D eigenvalue weighted by Gasteiger charge is -2.34. The van der Waals surface area contributed by atoms with Crippen LogP contribution in [0.2, 0.25) is 0 Å². The Morgan fingerprint density at radius 2 is 1.97 bits per heavy atom. The number of benzene rings is 1. The average Bonchev–Trinajstić information content (AvgIpc) is 2.74. The van der Waals surface area contributed by atoms with E-state index >= 15 is 0 Å². The van der Waals surface area contributed by atoms with Gasteiger partial charge in [0.05, 0.1) is 5.56 Å². The Labute approximate surface area is 180 Å². The number of hydrogen-bond acceptors (Lipinski definition) is 6. The van der Waals surface area contributed by atoms with Gasteiger partial charge in [0, 0.05) is 26.2 Å². The van der Waals surface area contributed by atoms with Crippen molar-refractivity contribution in [2.24, 2.45) is 5.92 Å². The number of nitrogens with one attached hydrogen (secondary N) is 1. The van der Waals surface area contributed by atoms with Gasteiger partial charge in [-0.05, 0) is 56.6 Å². The highest BCUT2D eigenvalue weighted by molar-refractivity contribution is 6.01. The summed E-state index contributed by atoms with van der Waals surface area (Å²) in [5, 5.41) is 22.7. The molecule has 0 spiro atoms. The molecule has 166 valence electrons. The van der Waals surface area contributed by atoms with Crippen molar-refractivity contribution < 1.29 is 24.2 Å². The van der Waals surface area contributed by atoms with Crippen molar-refractivity contribution in [2.75, 3.05) is 33.7 Å². The lowest BCUT2D eigenvalue weighted by Crippen LogP contribution is -2.43. The molecular weight excluding hydrogens is 403 g/mol. The topological polar surface area (TPSA) is 106 Å². The lowest BCUT2D eigenvalue weighted by atomic mass is 9.97. The van der Waals surface area contributed by atoms with Crippen LogP contribution in [-0.2, 0) is 6.54 Å². The van der Waals surface area contributed by atoms with Gasteiger partial charge < -0.3 is 25.3 Å². The second-order valence-electron chi connectivity index (χ2n) is 8.06. The monoisotopic (exact) mass is 430 g/mol. The van der Waals surface area contributed by atoms with Crippen molar-refractivity contribution in [3.05, 3.63) is 53.0 Å². The van der Waals surface area contributed by atoms with Gasteiger partial charge in [-0.1, -0.05) is 12.1 Å². The Morgan fingerprint density at radius 1 is 1.26 bits per heavy atom. The van der Waals surface area contributed by atoms with Gasteiger partial charge in [0.15, 0.2) is 5.75 Å². The molecule has 31 heavy (non-hydrogen) atoms. The first-order chi connectivity index (χ1) is 14.7. The first-order valence-corrected chi connectivity index (χ1v) is 10.1. The number of carbonyl (C=O) groups excluding carboxylic acids is 2. The van der Waals surface area contributed by atoms with Crippen LogP contribution in [-0.4, -0.2) is 70.5 Å². The highest BCUT2D eigenvalue weighted by Crippen LogP contribution is 2.28. The molecule has 0 bridgehead atoms. The molecule has 9 heteroatoms. The summed E-state index contributed by atoms with van der Waals surface area (Å²) in [6.45, 7) is 2.07. The molecule has 2 aromatic rings. The highest BCUT2D eigenvalue weighted by Gasteiger charge is 2.28. The Kier molecular flexibility index (Phi) is 7.06. The van der Waals surface area contributed by atoms with E-state index in [1.54, 1.807) is 4.90 Å². The number of halogens is 1. The molecule has 2 heterocycles. The Balaban J connectivity index is 1.74. The van der Waals surface area contributed by atoms with Gasteiger partial charge in [-0.2, -0.15) is 0 Å². The third-order valence-electron chi connectivity index (χ3n) is 5.23. The van der Waals surface area contributed by atoms with Crippen LogP contribution in [0.4, 0.5) is 4.39 Å². The fourth-order valence-electron chi connectivity index (χ4n) is 3.76. The predicted molar refractivity (Wildman–Crippen MR) is 112 cm³/mol. The number of aromatic nitrogens is 1. The SMILES string of the molecule is CN(C)CC1CCCN(C(=O)c2cc(C(=O)NCc3ccc(F)cc3)c(O)c(O)n2)C1. The molecule has 0 radical (unpaired) electrons. The van der Waals surface area contributed by atoms with Crippen LogP contribution < -0.4 is 5.32 Å². The van der Waals surface area contributed by atoms with Crippen LogP contribution in [0.1, 0.15) is 39.3 Å². The summed E-state index contributed by atoms with van der Waals surface area (Å²) in [7, 11) is 3.97. The van der Waals surface area contributed by atoms with Crippen LogP contribution in [0.15, 0.2) is 30.3 Å². The van der Waals surface area contributed by atoms with Crippen molar-refractivity contribution in [2.45, 2.75) is 19.4 Å². The molecule has 8 nitrogen and oxygen atoms in total. The number of pyridine rings is 1. The smallest absolute Gasteiger partial charge is 0.272 e. The molecular formula is C22H27FN4O4. The lowest BCUT2D eigenvalue weighted by molar-refractivity contribution is 0.0648. The van der Waals surface area contributed by atoms with E-state index in [2.05, 4.69) is 15.2 Å². The molecule has 1 atom stereocenters. The number of piperidine rings is 1. The normalized spacial score (nSPS) is 16.4. The van der Waals surface area contributed by atoms with Gasteiger partial charge in [0.2, 0.25) is 0 Å². The van der Waals surface area contributed by atoms with Crippen LogP contribution in [0.25, 0.3) is 0 Å². The van der Waals surface area contributed by atoms with E-state index in [0.29, 0.717) is 24.6 Å². The third-order valence-corrected chi connectivity index (χ3v) is 5.23. The van der Waals surface area contributed by atoms with Crippen molar-refractivity contribution in [3.63, 3.8) is 0 Å². The van der Waals surface area contributed by atoms with Gasteiger partial charge in [-0.25, -0.2) is 9.37 Å². The van der Waals surface area contributed by atoms with E-state index in [1.807, 2.05) is 14.1 Å². The summed E-state index contributed by atoms with van der Waals surface area (Å²) in [5.41, 5.74) is 0.302. The van der Waals surface area contributed by atoms with Crippen molar-refractivity contribution in [3.8, 4) is 11.6 Å². The predicted octanol–water partition coefficient (Wildman–Crippen LogP) is 1.98. The van der Waals surface area contributed by atoms with Gasteiger partial charge in [0.25, 0.3) is 17.7 Å².